The molecule has 2 saturated heterocycles. The second-order valence-electron chi connectivity index (χ2n) is 8.34. The van der Waals surface area contributed by atoms with E-state index in [1.54, 1.807) is 42.3 Å². The number of likely N-dealkylation sites (tertiary alicyclic amines) is 1. The number of hydrogen-bond acceptors (Lipinski definition) is 7. The smallest absolute Gasteiger partial charge is 0.399 e. The van der Waals surface area contributed by atoms with Gasteiger partial charge in [0.15, 0.2) is 5.06 Å². The standard InChI is InChI=1S/C24H24N4O6S/c1-4-17-6-8-21(35-17)34-23(32)26-24(12-19(29)27(3)14-24)22(31)25-16-5-7-18(15(2)11-16)28-9-10-33-13-20(28)30/h1,5-8,11H,9-10,12-14H2,2-3H3,(H,25,31)(H,26,32). The minimum absolute atomic E-state index is 0.0217. The monoisotopic (exact) mass is 496 g/mol. The van der Waals surface area contributed by atoms with Crippen LogP contribution in [-0.4, -0.2) is 67.6 Å². The van der Waals surface area contributed by atoms with Crippen molar-refractivity contribution in [3.63, 3.8) is 0 Å². The van der Waals surface area contributed by atoms with Crippen LogP contribution >= 0.6 is 11.3 Å². The van der Waals surface area contributed by atoms with Crippen molar-refractivity contribution in [2.75, 3.05) is 43.6 Å². The molecule has 0 bridgehead atoms. The molecule has 35 heavy (non-hydrogen) atoms. The van der Waals surface area contributed by atoms with Crippen LogP contribution in [0, 0.1) is 19.3 Å². The lowest BCUT2D eigenvalue weighted by atomic mass is 9.97. The Morgan fingerprint density at radius 2 is 2.03 bits per heavy atom. The van der Waals surface area contributed by atoms with Gasteiger partial charge < -0.3 is 29.9 Å². The Hall–Kier alpha value is -3.88. The SMILES string of the molecule is C#Cc1ccc(OC(=O)NC2(C(=O)Nc3ccc(N4CCOCC4=O)c(C)c3)CC(=O)N(C)C2)s1. The fourth-order valence-corrected chi connectivity index (χ4v) is 4.72. The number of aryl methyl sites for hydroxylation is 1. The Morgan fingerprint density at radius 1 is 1.23 bits per heavy atom. The van der Waals surface area contributed by atoms with Crippen molar-refractivity contribution < 1.29 is 28.7 Å². The number of nitrogens with one attached hydrogen (secondary N) is 2. The lowest BCUT2D eigenvalue weighted by molar-refractivity contribution is -0.127. The molecule has 2 N–H and O–H groups in total. The van der Waals surface area contributed by atoms with Crippen LogP contribution < -0.4 is 20.3 Å². The molecule has 4 amide bonds. The number of thiophene rings is 1. The molecule has 2 aliphatic heterocycles. The largest absolute Gasteiger partial charge is 0.414 e. The summed E-state index contributed by atoms with van der Waals surface area (Å²) in [5, 5.41) is 5.65. The minimum atomic E-state index is -1.53. The van der Waals surface area contributed by atoms with E-state index in [1.165, 1.54) is 4.90 Å². The summed E-state index contributed by atoms with van der Waals surface area (Å²) < 4.78 is 10.5. The maximum atomic E-state index is 13.4. The van der Waals surface area contributed by atoms with Gasteiger partial charge in [0.1, 0.15) is 12.1 Å². The lowest BCUT2D eigenvalue weighted by Gasteiger charge is -2.29. The highest BCUT2D eigenvalue weighted by Crippen LogP contribution is 2.29. The number of morpholine rings is 1. The molecule has 1 atom stereocenters. The van der Waals surface area contributed by atoms with Gasteiger partial charge in [0, 0.05) is 25.0 Å². The fourth-order valence-electron chi connectivity index (χ4n) is 4.06. The van der Waals surface area contributed by atoms with Crippen molar-refractivity contribution in [3.05, 3.63) is 40.8 Å². The van der Waals surface area contributed by atoms with E-state index in [-0.39, 0.29) is 36.5 Å². The van der Waals surface area contributed by atoms with Gasteiger partial charge in [0.25, 0.3) is 11.8 Å². The molecule has 1 unspecified atom stereocenters. The maximum Gasteiger partial charge on any atom is 0.414 e. The summed E-state index contributed by atoms with van der Waals surface area (Å²) in [5.41, 5.74) is 0.444. The molecule has 0 saturated carbocycles. The summed E-state index contributed by atoms with van der Waals surface area (Å²) in [4.78, 5) is 54.1. The number of amides is 4. The molecule has 2 aliphatic rings. The zero-order chi connectivity index (χ0) is 25.2. The van der Waals surface area contributed by atoms with E-state index < -0.39 is 17.5 Å². The highest BCUT2D eigenvalue weighted by molar-refractivity contribution is 7.14. The van der Waals surface area contributed by atoms with Gasteiger partial charge >= 0.3 is 6.09 Å². The van der Waals surface area contributed by atoms with E-state index >= 15 is 0 Å². The van der Waals surface area contributed by atoms with Gasteiger partial charge in [-0.05, 0) is 42.8 Å². The Kier molecular flexibility index (Phi) is 6.77. The summed E-state index contributed by atoms with van der Waals surface area (Å²) in [6.07, 6.45) is 4.26. The van der Waals surface area contributed by atoms with Gasteiger partial charge in [-0.2, -0.15) is 0 Å². The Balaban J connectivity index is 1.50. The molecular weight excluding hydrogens is 472 g/mol. The van der Waals surface area contributed by atoms with Crippen molar-refractivity contribution in [3.8, 4) is 17.4 Å². The molecule has 0 radical (unpaired) electrons. The summed E-state index contributed by atoms with van der Waals surface area (Å²) in [6.45, 7) is 2.73. The third kappa shape index (κ3) is 5.13. The van der Waals surface area contributed by atoms with Crippen molar-refractivity contribution in [1.82, 2.24) is 10.2 Å². The number of hydrogen-bond donors (Lipinski definition) is 2. The number of rotatable bonds is 5. The Labute approximate surface area is 206 Å². The molecule has 0 aliphatic carbocycles. The predicted molar refractivity (Wildman–Crippen MR) is 129 cm³/mol. The third-order valence-corrected chi connectivity index (χ3v) is 6.70. The summed E-state index contributed by atoms with van der Waals surface area (Å²) >= 11 is 1.11. The van der Waals surface area contributed by atoms with Gasteiger partial charge in [0.2, 0.25) is 5.91 Å². The van der Waals surface area contributed by atoms with Crippen LogP contribution in [0.4, 0.5) is 16.2 Å². The molecule has 1 aromatic heterocycles. The molecule has 2 fully saturated rings. The van der Waals surface area contributed by atoms with Crippen LogP contribution in [0.15, 0.2) is 30.3 Å². The van der Waals surface area contributed by atoms with Gasteiger partial charge in [-0.25, -0.2) is 4.79 Å². The first-order valence-corrected chi connectivity index (χ1v) is 11.6. The number of ether oxygens (including phenoxy) is 2. The topological polar surface area (TPSA) is 117 Å². The number of benzene rings is 1. The number of carbonyl (C=O) groups is 4. The van der Waals surface area contributed by atoms with E-state index in [0.29, 0.717) is 23.7 Å². The number of likely N-dealkylation sites (N-methyl/N-ethyl adjacent to an activating group) is 1. The lowest BCUT2D eigenvalue weighted by Crippen LogP contribution is -2.59. The zero-order valence-electron chi connectivity index (χ0n) is 19.3. The first kappa shape index (κ1) is 24.3. The average molecular weight is 497 g/mol. The van der Waals surface area contributed by atoms with Gasteiger partial charge in [0.05, 0.1) is 24.4 Å². The van der Waals surface area contributed by atoms with Gasteiger partial charge in [-0.3, -0.25) is 14.4 Å². The van der Waals surface area contributed by atoms with Crippen molar-refractivity contribution in [1.29, 1.82) is 0 Å². The molecular formula is C24H24N4O6S. The molecule has 182 valence electrons. The minimum Gasteiger partial charge on any atom is -0.399 e. The van der Waals surface area contributed by atoms with Crippen molar-refractivity contribution in [2.24, 2.45) is 0 Å². The van der Waals surface area contributed by atoms with Crippen LogP contribution in [0.3, 0.4) is 0 Å². The highest BCUT2D eigenvalue weighted by Gasteiger charge is 2.49. The van der Waals surface area contributed by atoms with Crippen LogP contribution in [-0.2, 0) is 19.1 Å². The van der Waals surface area contributed by atoms with E-state index in [1.807, 2.05) is 6.92 Å². The molecule has 2 aromatic rings. The first-order valence-electron chi connectivity index (χ1n) is 10.8. The van der Waals surface area contributed by atoms with Gasteiger partial charge in [-0.1, -0.05) is 17.3 Å². The van der Waals surface area contributed by atoms with Crippen LogP contribution in [0.5, 0.6) is 5.06 Å². The number of carbonyl (C=O) groups excluding carboxylic acids is 4. The van der Waals surface area contributed by atoms with E-state index in [0.717, 1.165) is 22.6 Å². The van der Waals surface area contributed by atoms with Gasteiger partial charge in [-0.15, -0.1) is 6.42 Å². The third-order valence-electron chi connectivity index (χ3n) is 5.81. The number of terminal acetylenes is 1. The van der Waals surface area contributed by atoms with Crippen molar-refractivity contribution >= 4 is 46.5 Å². The van der Waals surface area contributed by atoms with Crippen molar-refractivity contribution in [2.45, 2.75) is 18.9 Å². The Bertz CT molecular complexity index is 1230. The zero-order valence-corrected chi connectivity index (χ0v) is 20.1. The molecule has 4 rings (SSSR count). The maximum absolute atomic E-state index is 13.4. The van der Waals surface area contributed by atoms with E-state index in [4.69, 9.17) is 15.9 Å². The number of nitrogens with zero attached hydrogens (tertiary/aromatic N) is 2. The quantitative estimate of drug-likeness (QED) is 0.609. The molecule has 3 heterocycles. The fraction of sp³-hybridized carbons (Fsp3) is 0.333. The molecule has 1 aromatic carbocycles. The second kappa shape index (κ2) is 9.77. The van der Waals surface area contributed by atoms with Crippen LogP contribution in [0.1, 0.15) is 16.9 Å². The molecule has 11 heteroatoms. The number of anilines is 2. The molecule has 0 spiro atoms. The van der Waals surface area contributed by atoms with Crippen LogP contribution in [0.25, 0.3) is 0 Å². The first-order chi connectivity index (χ1) is 16.7. The average Bonchev–Trinajstić information content (AvgIpc) is 3.38. The normalized spacial score (nSPS) is 19.9. The van der Waals surface area contributed by atoms with E-state index in [2.05, 4.69) is 16.6 Å². The van der Waals surface area contributed by atoms with Crippen LogP contribution in [0.2, 0.25) is 0 Å². The highest BCUT2D eigenvalue weighted by atomic mass is 32.1. The van der Waals surface area contributed by atoms with E-state index in [9.17, 15) is 19.2 Å². The second-order valence-corrected chi connectivity index (χ2v) is 9.39. The Morgan fingerprint density at radius 3 is 2.66 bits per heavy atom. The molecule has 10 nitrogen and oxygen atoms in total. The summed E-state index contributed by atoms with van der Waals surface area (Å²) in [6, 6.07) is 8.34. The predicted octanol–water partition coefficient (Wildman–Crippen LogP) is 1.73. The summed E-state index contributed by atoms with van der Waals surface area (Å²) in [7, 11) is 1.56. The summed E-state index contributed by atoms with van der Waals surface area (Å²) in [5.74, 6) is 1.47.